The highest BCUT2D eigenvalue weighted by Crippen LogP contribution is 2.63. The molecule has 1 amide bonds. The van der Waals surface area contributed by atoms with Crippen LogP contribution in [0.2, 0.25) is 0 Å². The molecule has 19 heavy (non-hydrogen) atoms. The molecule has 1 saturated heterocycles. The third-order valence-corrected chi connectivity index (χ3v) is 5.37. The van der Waals surface area contributed by atoms with Gasteiger partial charge in [0, 0.05) is 19.1 Å². The van der Waals surface area contributed by atoms with E-state index in [1.165, 1.54) is 6.42 Å². The lowest BCUT2D eigenvalue weighted by atomic mass is 9.43. The molecular formula is C15H28N2O2. The van der Waals surface area contributed by atoms with Crippen LogP contribution in [0.3, 0.4) is 0 Å². The topological polar surface area (TPSA) is 66.6 Å². The van der Waals surface area contributed by atoms with Gasteiger partial charge in [0.2, 0.25) is 0 Å². The van der Waals surface area contributed by atoms with E-state index in [2.05, 4.69) is 27.7 Å². The first kappa shape index (κ1) is 14.6. The number of carboxylic acid groups (broad SMARTS) is 1. The van der Waals surface area contributed by atoms with Gasteiger partial charge in [-0.1, -0.05) is 20.8 Å². The second-order valence-electron chi connectivity index (χ2n) is 7.70. The van der Waals surface area contributed by atoms with Gasteiger partial charge in [-0.05, 0) is 48.9 Å². The highest BCUT2D eigenvalue weighted by Gasteiger charge is 2.59. The third-order valence-electron chi connectivity index (χ3n) is 5.37. The highest BCUT2D eigenvalue weighted by atomic mass is 16.4. The number of rotatable bonds is 1. The van der Waals surface area contributed by atoms with Gasteiger partial charge in [0.05, 0.1) is 0 Å². The van der Waals surface area contributed by atoms with Crippen molar-refractivity contribution in [3.05, 3.63) is 0 Å². The van der Waals surface area contributed by atoms with Crippen LogP contribution < -0.4 is 5.73 Å². The predicted molar refractivity (Wildman–Crippen MR) is 76.0 cm³/mol. The zero-order chi connectivity index (χ0) is 14.4. The van der Waals surface area contributed by atoms with Gasteiger partial charge >= 0.3 is 6.09 Å². The van der Waals surface area contributed by atoms with E-state index in [4.69, 9.17) is 10.8 Å². The molecule has 2 rings (SSSR count). The minimum absolute atomic E-state index is 0.243. The number of hydrogen-bond acceptors (Lipinski definition) is 2. The SMILES string of the molecule is C[C@H](N)C1CC2(CCN(C(=O)O)CC2)C1C(C)(C)C. The Kier molecular flexibility index (Phi) is 3.58. The van der Waals surface area contributed by atoms with Gasteiger partial charge in [0.15, 0.2) is 0 Å². The van der Waals surface area contributed by atoms with Crippen LogP contribution in [-0.2, 0) is 0 Å². The Bertz CT molecular complexity index is 352. The largest absolute Gasteiger partial charge is 0.465 e. The fourth-order valence-corrected chi connectivity index (χ4v) is 4.72. The number of hydrogen-bond donors (Lipinski definition) is 2. The minimum Gasteiger partial charge on any atom is -0.465 e. The summed E-state index contributed by atoms with van der Waals surface area (Å²) >= 11 is 0. The van der Waals surface area contributed by atoms with Gasteiger partial charge in [-0.15, -0.1) is 0 Å². The zero-order valence-electron chi connectivity index (χ0n) is 12.6. The molecule has 2 fully saturated rings. The van der Waals surface area contributed by atoms with Crippen LogP contribution in [0.15, 0.2) is 0 Å². The van der Waals surface area contributed by atoms with Crippen molar-refractivity contribution in [2.24, 2.45) is 28.4 Å². The lowest BCUT2D eigenvalue weighted by Gasteiger charge is -2.64. The number of likely N-dealkylation sites (tertiary alicyclic amines) is 1. The molecule has 4 heteroatoms. The van der Waals surface area contributed by atoms with Crippen molar-refractivity contribution in [2.45, 2.75) is 53.0 Å². The van der Waals surface area contributed by atoms with Crippen molar-refractivity contribution in [3.8, 4) is 0 Å². The molecule has 3 N–H and O–H groups in total. The van der Waals surface area contributed by atoms with Gasteiger partial charge in [0.25, 0.3) is 0 Å². The standard InChI is InChI=1S/C15H28N2O2/c1-10(16)11-9-15(12(11)14(2,3)4)5-7-17(8-6-15)13(18)19/h10-12H,5-9,16H2,1-4H3,(H,18,19)/t10-,11?,12?/m0/s1. The van der Waals surface area contributed by atoms with Crippen LogP contribution in [0, 0.1) is 22.7 Å². The summed E-state index contributed by atoms with van der Waals surface area (Å²) in [6.45, 7) is 10.4. The number of nitrogens with zero attached hydrogens (tertiary/aromatic N) is 1. The fraction of sp³-hybridized carbons (Fsp3) is 0.933. The highest BCUT2D eigenvalue weighted by molar-refractivity contribution is 5.65. The number of carbonyl (C=O) groups is 1. The Labute approximate surface area is 116 Å². The Morgan fingerprint density at radius 1 is 1.37 bits per heavy atom. The molecule has 1 aliphatic carbocycles. The molecule has 1 spiro atoms. The van der Waals surface area contributed by atoms with E-state index < -0.39 is 6.09 Å². The van der Waals surface area contributed by atoms with E-state index in [0.717, 1.165) is 12.8 Å². The Morgan fingerprint density at radius 2 is 1.89 bits per heavy atom. The molecule has 1 aliphatic heterocycles. The second-order valence-corrected chi connectivity index (χ2v) is 7.70. The Morgan fingerprint density at radius 3 is 2.26 bits per heavy atom. The maximum atomic E-state index is 11.0. The smallest absolute Gasteiger partial charge is 0.407 e. The van der Waals surface area contributed by atoms with E-state index in [9.17, 15) is 4.79 Å². The summed E-state index contributed by atoms with van der Waals surface area (Å²) in [5, 5.41) is 9.07. The van der Waals surface area contributed by atoms with Gasteiger partial charge < -0.3 is 15.7 Å². The molecule has 0 aromatic carbocycles. The monoisotopic (exact) mass is 268 g/mol. The summed E-state index contributed by atoms with van der Waals surface area (Å²) in [5.41, 5.74) is 6.73. The second kappa shape index (κ2) is 4.65. The molecule has 110 valence electrons. The molecule has 1 heterocycles. The van der Waals surface area contributed by atoms with Crippen LogP contribution in [0.25, 0.3) is 0 Å². The Balaban J connectivity index is 2.11. The maximum absolute atomic E-state index is 11.0. The van der Waals surface area contributed by atoms with Crippen molar-refractivity contribution < 1.29 is 9.90 Å². The molecule has 2 aliphatic rings. The lowest BCUT2D eigenvalue weighted by molar-refractivity contribution is -0.142. The van der Waals surface area contributed by atoms with Crippen LogP contribution in [-0.4, -0.2) is 35.2 Å². The molecule has 1 saturated carbocycles. The van der Waals surface area contributed by atoms with Crippen LogP contribution in [0.5, 0.6) is 0 Å². The quantitative estimate of drug-likeness (QED) is 0.768. The molecule has 4 nitrogen and oxygen atoms in total. The number of piperidine rings is 1. The van der Waals surface area contributed by atoms with Crippen LogP contribution in [0.1, 0.15) is 47.0 Å². The first-order chi connectivity index (χ1) is 8.67. The van der Waals surface area contributed by atoms with E-state index in [0.29, 0.717) is 30.3 Å². The molecule has 2 unspecified atom stereocenters. The zero-order valence-corrected chi connectivity index (χ0v) is 12.6. The normalized spacial score (nSPS) is 31.9. The van der Waals surface area contributed by atoms with E-state index in [-0.39, 0.29) is 11.5 Å². The van der Waals surface area contributed by atoms with Crippen LogP contribution in [0.4, 0.5) is 4.79 Å². The molecule has 0 aromatic heterocycles. The average Bonchev–Trinajstić information content (AvgIpc) is 2.23. The molecule has 0 aromatic rings. The molecule has 0 radical (unpaired) electrons. The first-order valence-corrected chi connectivity index (χ1v) is 7.41. The predicted octanol–water partition coefficient (Wildman–Crippen LogP) is 2.78. The summed E-state index contributed by atoms with van der Waals surface area (Å²) in [5.74, 6) is 1.22. The number of amides is 1. The van der Waals surface area contributed by atoms with Gasteiger partial charge in [-0.25, -0.2) is 4.79 Å². The summed E-state index contributed by atoms with van der Waals surface area (Å²) in [6.07, 6.45) is 2.42. The van der Waals surface area contributed by atoms with Crippen molar-refractivity contribution in [3.63, 3.8) is 0 Å². The van der Waals surface area contributed by atoms with Crippen LogP contribution >= 0.6 is 0 Å². The molecule has 3 atom stereocenters. The molecular weight excluding hydrogens is 240 g/mol. The van der Waals surface area contributed by atoms with Gasteiger partial charge in [0.1, 0.15) is 0 Å². The van der Waals surface area contributed by atoms with E-state index in [1.807, 2.05) is 0 Å². The minimum atomic E-state index is -0.773. The van der Waals surface area contributed by atoms with E-state index >= 15 is 0 Å². The summed E-state index contributed by atoms with van der Waals surface area (Å²) in [6, 6.07) is 0.243. The summed E-state index contributed by atoms with van der Waals surface area (Å²) in [7, 11) is 0. The molecule has 0 bridgehead atoms. The third kappa shape index (κ3) is 2.47. The lowest BCUT2D eigenvalue weighted by Crippen LogP contribution is -2.62. The Hall–Kier alpha value is -0.770. The summed E-state index contributed by atoms with van der Waals surface area (Å²) < 4.78 is 0. The summed E-state index contributed by atoms with van der Waals surface area (Å²) in [4.78, 5) is 12.6. The van der Waals surface area contributed by atoms with Crippen molar-refractivity contribution in [2.75, 3.05) is 13.1 Å². The number of nitrogens with two attached hydrogens (primary N) is 1. The average molecular weight is 268 g/mol. The first-order valence-electron chi connectivity index (χ1n) is 7.41. The van der Waals surface area contributed by atoms with Gasteiger partial charge in [-0.2, -0.15) is 0 Å². The fourth-order valence-electron chi connectivity index (χ4n) is 4.72. The van der Waals surface area contributed by atoms with Crippen molar-refractivity contribution in [1.29, 1.82) is 0 Å². The van der Waals surface area contributed by atoms with Crippen molar-refractivity contribution >= 4 is 6.09 Å². The van der Waals surface area contributed by atoms with Gasteiger partial charge in [-0.3, -0.25) is 0 Å². The maximum Gasteiger partial charge on any atom is 0.407 e. The van der Waals surface area contributed by atoms with E-state index in [1.54, 1.807) is 4.90 Å². The van der Waals surface area contributed by atoms with Crippen molar-refractivity contribution in [1.82, 2.24) is 4.90 Å².